The van der Waals surface area contributed by atoms with E-state index in [-0.39, 0.29) is 11.6 Å². The Morgan fingerprint density at radius 1 is 1.22 bits per heavy atom. The molecule has 0 unspecified atom stereocenters. The molecular formula is C14H13FINO. The normalized spacial score (nSPS) is 10.4. The van der Waals surface area contributed by atoms with Crippen LogP contribution < -0.4 is 5.32 Å². The van der Waals surface area contributed by atoms with Gasteiger partial charge in [-0.3, -0.25) is 0 Å². The highest BCUT2D eigenvalue weighted by atomic mass is 127. The van der Waals surface area contributed by atoms with Gasteiger partial charge in [-0.05, 0) is 47.2 Å². The molecule has 0 atom stereocenters. The van der Waals surface area contributed by atoms with Crippen molar-refractivity contribution in [3.8, 4) is 5.75 Å². The van der Waals surface area contributed by atoms with Gasteiger partial charge in [-0.2, -0.15) is 0 Å². The molecule has 0 amide bonds. The van der Waals surface area contributed by atoms with Gasteiger partial charge in [0.05, 0.1) is 9.26 Å². The first kappa shape index (κ1) is 13.1. The van der Waals surface area contributed by atoms with E-state index in [1.807, 2.05) is 53.8 Å². The molecule has 2 aromatic rings. The molecule has 18 heavy (non-hydrogen) atoms. The van der Waals surface area contributed by atoms with E-state index >= 15 is 0 Å². The van der Waals surface area contributed by atoms with Crippen LogP contribution in [0.25, 0.3) is 0 Å². The van der Waals surface area contributed by atoms with Crippen LogP contribution in [-0.2, 0) is 6.54 Å². The number of halogens is 2. The van der Waals surface area contributed by atoms with Gasteiger partial charge in [-0.25, -0.2) is 4.39 Å². The van der Waals surface area contributed by atoms with E-state index in [2.05, 4.69) is 5.32 Å². The Kier molecular flexibility index (Phi) is 4.06. The lowest BCUT2D eigenvalue weighted by Crippen LogP contribution is -2.02. The fourth-order valence-electron chi connectivity index (χ4n) is 1.69. The highest BCUT2D eigenvalue weighted by Gasteiger charge is 2.07. The van der Waals surface area contributed by atoms with Gasteiger partial charge in [0.2, 0.25) is 0 Å². The Balaban J connectivity index is 2.17. The van der Waals surface area contributed by atoms with Gasteiger partial charge in [0.15, 0.2) is 0 Å². The summed E-state index contributed by atoms with van der Waals surface area (Å²) in [6, 6.07) is 10.5. The molecule has 0 bridgehead atoms. The summed E-state index contributed by atoms with van der Waals surface area (Å²) in [4.78, 5) is 0. The zero-order valence-corrected chi connectivity index (χ0v) is 12.0. The van der Waals surface area contributed by atoms with Gasteiger partial charge in [0, 0.05) is 12.1 Å². The van der Waals surface area contributed by atoms with Gasteiger partial charge in [0.1, 0.15) is 11.6 Å². The average molecular weight is 357 g/mol. The van der Waals surface area contributed by atoms with Crippen LogP contribution in [-0.4, -0.2) is 5.11 Å². The number of aromatic hydroxyl groups is 1. The molecule has 94 valence electrons. The molecule has 0 aliphatic carbocycles. The Bertz CT molecular complexity index is 520. The quantitative estimate of drug-likeness (QED) is 0.813. The standard InChI is InChI=1S/C14H13FINO/c1-9-4-2-5-10(14(9)18)8-17-12-7-3-6-11(15)13(12)16/h2-7,17-18H,8H2,1H3. The number of rotatable bonds is 3. The molecule has 0 heterocycles. The van der Waals surface area contributed by atoms with E-state index in [0.717, 1.165) is 16.8 Å². The molecule has 0 saturated carbocycles. The number of hydrogen-bond donors (Lipinski definition) is 2. The lowest BCUT2D eigenvalue weighted by atomic mass is 10.1. The maximum Gasteiger partial charge on any atom is 0.138 e. The number of phenols is 1. The minimum atomic E-state index is -0.242. The molecular weight excluding hydrogens is 344 g/mol. The SMILES string of the molecule is Cc1cccc(CNc2cccc(F)c2I)c1O. The number of para-hydroxylation sites is 1. The molecule has 0 aromatic heterocycles. The molecule has 2 nitrogen and oxygen atoms in total. The fourth-order valence-corrected chi connectivity index (χ4v) is 2.24. The minimum Gasteiger partial charge on any atom is -0.507 e. The first-order valence-electron chi connectivity index (χ1n) is 5.55. The van der Waals surface area contributed by atoms with Gasteiger partial charge >= 0.3 is 0 Å². The Hall–Kier alpha value is -1.30. The third kappa shape index (κ3) is 2.75. The van der Waals surface area contributed by atoms with E-state index in [1.54, 1.807) is 6.07 Å². The van der Waals surface area contributed by atoms with E-state index in [0.29, 0.717) is 10.1 Å². The summed E-state index contributed by atoms with van der Waals surface area (Å²) in [5.41, 5.74) is 2.37. The molecule has 2 rings (SSSR count). The van der Waals surface area contributed by atoms with Crippen LogP contribution in [0.5, 0.6) is 5.75 Å². The van der Waals surface area contributed by atoms with E-state index in [1.165, 1.54) is 6.07 Å². The summed E-state index contributed by atoms with van der Waals surface area (Å²) in [5.74, 6) is 0.0467. The molecule has 0 spiro atoms. The molecule has 0 aliphatic heterocycles. The second kappa shape index (κ2) is 5.56. The number of benzene rings is 2. The minimum absolute atomic E-state index is 0.242. The summed E-state index contributed by atoms with van der Waals surface area (Å²) in [6.07, 6.45) is 0. The van der Waals surface area contributed by atoms with Gasteiger partial charge in [0.25, 0.3) is 0 Å². The first-order chi connectivity index (χ1) is 8.59. The van der Waals surface area contributed by atoms with Crippen LogP contribution in [0.2, 0.25) is 0 Å². The zero-order chi connectivity index (χ0) is 13.1. The summed E-state index contributed by atoms with van der Waals surface area (Å²) < 4.78 is 13.9. The monoisotopic (exact) mass is 357 g/mol. The largest absolute Gasteiger partial charge is 0.507 e. The van der Waals surface area contributed by atoms with Crippen molar-refractivity contribution >= 4 is 28.3 Å². The number of hydrogen-bond acceptors (Lipinski definition) is 2. The van der Waals surface area contributed by atoms with E-state index < -0.39 is 0 Å². The lowest BCUT2D eigenvalue weighted by molar-refractivity contribution is 0.465. The Morgan fingerprint density at radius 3 is 2.72 bits per heavy atom. The number of anilines is 1. The summed E-state index contributed by atoms with van der Waals surface area (Å²) in [7, 11) is 0. The maximum atomic E-state index is 13.4. The smallest absolute Gasteiger partial charge is 0.138 e. The molecule has 0 saturated heterocycles. The molecule has 4 heteroatoms. The third-order valence-electron chi connectivity index (χ3n) is 2.74. The second-order valence-corrected chi connectivity index (χ2v) is 5.12. The van der Waals surface area contributed by atoms with Crippen molar-refractivity contribution in [2.75, 3.05) is 5.32 Å². The lowest BCUT2D eigenvalue weighted by Gasteiger charge is -2.11. The van der Waals surface area contributed by atoms with Crippen molar-refractivity contribution in [3.05, 3.63) is 56.9 Å². The average Bonchev–Trinajstić information content (AvgIpc) is 2.36. The maximum absolute atomic E-state index is 13.4. The van der Waals surface area contributed by atoms with Gasteiger partial charge in [-0.1, -0.05) is 24.3 Å². The second-order valence-electron chi connectivity index (χ2n) is 4.04. The summed E-state index contributed by atoms with van der Waals surface area (Å²) in [6.45, 7) is 2.32. The third-order valence-corrected chi connectivity index (χ3v) is 3.84. The van der Waals surface area contributed by atoms with Crippen LogP contribution in [0.3, 0.4) is 0 Å². The van der Waals surface area contributed by atoms with Crippen LogP contribution in [0.15, 0.2) is 36.4 Å². The summed E-state index contributed by atoms with van der Waals surface area (Å²) in [5, 5.41) is 13.0. The predicted molar refractivity (Wildman–Crippen MR) is 79.3 cm³/mol. The van der Waals surface area contributed by atoms with E-state index in [9.17, 15) is 9.50 Å². The predicted octanol–water partition coefficient (Wildman–Crippen LogP) is 4.06. The summed E-state index contributed by atoms with van der Waals surface area (Å²) >= 11 is 1.96. The van der Waals surface area contributed by atoms with Gasteiger partial charge < -0.3 is 10.4 Å². The van der Waals surface area contributed by atoms with Crippen LogP contribution >= 0.6 is 22.6 Å². The van der Waals surface area contributed by atoms with Crippen molar-refractivity contribution in [3.63, 3.8) is 0 Å². The van der Waals surface area contributed by atoms with Crippen molar-refractivity contribution in [1.29, 1.82) is 0 Å². The van der Waals surface area contributed by atoms with Crippen molar-refractivity contribution < 1.29 is 9.50 Å². The van der Waals surface area contributed by atoms with Crippen molar-refractivity contribution in [2.24, 2.45) is 0 Å². The van der Waals surface area contributed by atoms with Crippen LogP contribution in [0.4, 0.5) is 10.1 Å². The van der Waals surface area contributed by atoms with Crippen LogP contribution in [0, 0.1) is 16.3 Å². The van der Waals surface area contributed by atoms with Crippen molar-refractivity contribution in [2.45, 2.75) is 13.5 Å². The molecule has 2 aromatic carbocycles. The fraction of sp³-hybridized carbons (Fsp3) is 0.143. The Labute approximate surface area is 119 Å². The first-order valence-corrected chi connectivity index (χ1v) is 6.63. The molecule has 0 fully saturated rings. The molecule has 2 N–H and O–H groups in total. The van der Waals surface area contributed by atoms with Crippen molar-refractivity contribution in [1.82, 2.24) is 0 Å². The number of phenolic OH excluding ortho intramolecular Hbond substituents is 1. The Morgan fingerprint density at radius 2 is 1.94 bits per heavy atom. The zero-order valence-electron chi connectivity index (χ0n) is 9.87. The van der Waals surface area contributed by atoms with Crippen LogP contribution in [0.1, 0.15) is 11.1 Å². The topological polar surface area (TPSA) is 32.3 Å². The van der Waals surface area contributed by atoms with E-state index in [4.69, 9.17) is 0 Å². The molecule has 0 aliphatic rings. The van der Waals surface area contributed by atoms with Gasteiger partial charge in [-0.15, -0.1) is 0 Å². The number of nitrogens with one attached hydrogen (secondary N) is 1. The number of aryl methyl sites for hydroxylation is 1. The highest BCUT2D eigenvalue weighted by Crippen LogP contribution is 2.25. The highest BCUT2D eigenvalue weighted by molar-refractivity contribution is 14.1. The molecule has 0 radical (unpaired) electrons.